The molecule has 0 aliphatic rings. The number of hydrogen-bond acceptors (Lipinski definition) is 6. The lowest BCUT2D eigenvalue weighted by Gasteiger charge is -2.30. The van der Waals surface area contributed by atoms with Crippen molar-refractivity contribution < 1.29 is 9.59 Å². The van der Waals surface area contributed by atoms with Crippen LogP contribution < -0.4 is 5.32 Å². The van der Waals surface area contributed by atoms with Crippen molar-refractivity contribution in [3.8, 4) is 0 Å². The molecule has 1 aromatic rings. The van der Waals surface area contributed by atoms with Crippen molar-refractivity contribution in [3.63, 3.8) is 0 Å². The van der Waals surface area contributed by atoms with Gasteiger partial charge in [0.25, 0.3) is 0 Å². The summed E-state index contributed by atoms with van der Waals surface area (Å²) in [5.74, 6) is 0.211. The Balaban J connectivity index is 2.57. The third kappa shape index (κ3) is 5.57. The minimum atomic E-state index is -0.104. The fourth-order valence-corrected chi connectivity index (χ4v) is 3.56. The molecule has 8 heteroatoms. The van der Waals surface area contributed by atoms with Crippen molar-refractivity contribution >= 4 is 40.0 Å². The van der Waals surface area contributed by atoms with E-state index in [0.29, 0.717) is 15.2 Å². The summed E-state index contributed by atoms with van der Waals surface area (Å²) in [5.41, 5.74) is 0. The summed E-state index contributed by atoms with van der Waals surface area (Å²) >= 11 is 2.64. The lowest BCUT2D eigenvalue weighted by Crippen LogP contribution is -2.43. The van der Waals surface area contributed by atoms with E-state index in [2.05, 4.69) is 15.5 Å². The van der Waals surface area contributed by atoms with Gasteiger partial charge in [-0.3, -0.25) is 9.59 Å². The maximum absolute atomic E-state index is 12.3. The van der Waals surface area contributed by atoms with E-state index < -0.39 is 0 Å². The van der Waals surface area contributed by atoms with Crippen molar-refractivity contribution in [1.82, 2.24) is 15.1 Å². The molecule has 0 saturated carbocycles. The minimum absolute atomic E-state index is 0.0814. The number of hydrogen-bond donors (Lipinski definition) is 1. The molecule has 1 aromatic heterocycles. The number of carbonyl (C=O) groups is 2. The first-order chi connectivity index (χ1) is 10.2. The van der Waals surface area contributed by atoms with Crippen LogP contribution in [0.4, 0.5) is 5.13 Å². The Morgan fingerprint density at radius 1 is 1.14 bits per heavy atom. The maximum Gasteiger partial charge on any atom is 0.233 e. The van der Waals surface area contributed by atoms with Gasteiger partial charge in [-0.05, 0) is 27.7 Å². The smallest absolute Gasteiger partial charge is 0.233 e. The average molecular weight is 345 g/mol. The van der Waals surface area contributed by atoms with Crippen LogP contribution in [0.5, 0.6) is 0 Å². The van der Waals surface area contributed by atoms with Crippen LogP contribution in [0, 0.1) is 5.92 Å². The van der Waals surface area contributed by atoms with Gasteiger partial charge in [-0.2, -0.15) is 0 Å². The summed E-state index contributed by atoms with van der Waals surface area (Å²) < 4.78 is 0.680. The van der Waals surface area contributed by atoms with Gasteiger partial charge in [-0.15, -0.1) is 10.2 Å². The molecule has 1 rings (SSSR count). The average Bonchev–Trinajstić information content (AvgIpc) is 2.83. The fraction of sp³-hybridized carbons (Fsp3) is 0.714. The monoisotopic (exact) mass is 344 g/mol. The molecule has 22 heavy (non-hydrogen) atoms. The molecule has 0 spiro atoms. The van der Waals surface area contributed by atoms with E-state index in [0.717, 1.165) is 0 Å². The normalized spacial score (nSPS) is 11.3. The highest BCUT2D eigenvalue weighted by molar-refractivity contribution is 8.01. The zero-order chi connectivity index (χ0) is 16.9. The number of aromatic nitrogens is 2. The van der Waals surface area contributed by atoms with E-state index in [1.165, 1.54) is 23.1 Å². The second kappa shape index (κ2) is 8.47. The first-order valence-corrected chi connectivity index (χ1v) is 9.10. The second-order valence-corrected chi connectivity index (χ2v) is 7.99. The zero-order valence-electron chi connectivity index (χ0n) is 13.9. The van der Waals surface area contributed by atoms with E-state index >= 15 is 0 Å². The Morgan fingerprint density at radius 3 is 2.23 bits per heavy atom. The highest BCUT2D eigenvalue weighted by atomic mass is 32.2. The molecule has 0 atom stereocenters. The number of carbonyl (C=O) groups excluding carboxylic acids is 2. The van der Waals surface area contributed by atoms with E-state index in [-0.39, 0.29) is 29.8 Å². The molecule has 1 N–H and O–H groups in total. The Bertz CT molecular complexity index is 507. The van der Waals surface area contributed by atoms with Crippen LogP contribution in [-0.4, -0.2) is 44.7 Å². The lowest BCUT2D eigenvalue weighted by atomic mass is 10.2. The molecule has 0 bridgehead atoms. The summed E-state index contributed by atoms with van der Waals surface area (Å²) in [6.07, 6.45) is 0. The number of anilines is 1. The molecular formula is C14H24N4O2S2. The van der Waals surface area contributed by atoms with Crippen LogP contribution in [0.15, 0.2) is 4.34 Å². The van der Waals surface area contributed by atoms with Crippen LogP contribution in [0.1, 0.15) is 41.5 Å². The van der Waals surface area contributed by atoms with Crippen LogP contribution in [0.2, 0.25) is 0 Å². The van der Waals surface area contributed by atoms with E-state index in [1.54, 1.807) is 0 Å². The van der Waals surface area contributed by atoms with Gasteiger partial charge in [0.15, 0.2) is 4.34 Å². The molecule has 124 valence electrons. The third-order valence-electron chi connectivity index (χ3n) is 2.88. The quantitative estimate of drug-likeness (QED) is 0.608. The van der Waals surface area contributed by atoms with Gasteiger partial charge >= 0.3 is 0 Å². The molecule has 0 radical (unpaired) electrons. The molecule has 0 aliphatic carbocycles. The van der Waals surface area contributed by atoms with E-state index in [9.17, 15) is 9.59 Å². The lowest BCUT2D eigenvalue weighted by molar-refractivity contribution is -0.131. The maximum atomic E-state index is 12.3. The SMILES string of the molecule is CC(C)C(=O)Nc1nnc(SCC(=O)N(C(C)C)C(C)C)s1. The van der Waals surface area contributed by atoms with Crippen LogP contribution >= 0.6 is 23.1 Å². The Kier molecular flexibility index (Phi) is 7.28. The summed E-state index contributed by atoms with van der Waals surface area (Å²) in [4.78, 5) is 25.7. The summed E-state index contributed by atoms with van der Waals surface area (Å²) in [6, 6.07) is 0.340. The molecular weight excluding hydrogens is 320 g/mol. The predicted octanol–water partition coefficient (Wildman–Crippen LogP) is 2.87. The predicted molar refractivity (Wildman–Crippen MR) is 91.2 cm³/mol. The van der Waals surface area contributed by atoms with E-state index in [4.69, 9.17) is 0 Å². The molecule has 1 heterocycles. The topological polar surface area (TPSA) is 75.2 Å². The third-order valence-corrected chi connectivity index (χ3v) is 4.84. The second-order valence-electron chi connectivity index (χ2n) is 5.79. The van der Waals surface area contributed by atoms with Gasteiger partial charge in [0, 0.05) is 18.0 Å². The van der Waals surface area contributed by atoms with Crippen LogP contribution in [0.25, 0.3) is 0 Å². The molecule has 0 aromatic carbocycles. The number of rotatable bonds is 7. The van der Waals surface area contributed by atoms with Crippen LogP contribution in [0.3, 0.4) is 0 Å². The standard InChI is InChI=1S/C14H24N4O2S2/c1-8(2)12(20)15-13-16-17-14(22-13)21-7-11(19)18(9(3)4)10(5)6/h8-10H,7H2,1-6H3,(H,15,16,20). The molecule has 0 unspecified atom stereocenters. The Hall–Kier alpha value is -1.15. The van der Waals surface area contributed by atoms with Gasteiger partial charge in [0.1, 0.15) is 0 Å². The number of nitrogens with zero attached hydrogens (tertiary/aromatic N) is 3. The largest absolute Gasteiger partial charge is 0.337 e. The molecule has 0 aliphatic heterocycles. The minimum Gasteiger partial charge on any atom is -0.337 e. The summed E-state index contributed by atoms with van der Waals surface area (Å²) in [5, 5.41) is 11.1. The number of nitrogens with one attached hydrogen (secondary N) is 1. The highest BCUT2D eigenvalue weighted by Crippen LogP contribution is 2.26. The van der Waals surface area contributed by atoms with Crippen molar-refractivity contribution in [2.75, 3.05) is 11.1 Å². The fourth-order valence-electron chi connectivity index (χ4n) is 1.94. The molecule has 0 fully saturated rings. The van der Waals surface area contributed by atoms with E-state index in [1.807, 2.05) is 46.4 Å². The number of thioether (sulfide) groups is 1. The molecule has 6 nitrogen and oxygen atoms in total. The first kappa shape index (κ1) is 18.9. The molecule has 0 saturated heterocycles. The summed E-state index contributed by atoms with van der Waals surface area (Å²) in [7, 11) is 0. The number of amides is 2. The Morgan fingerprint density at radius 2 is 1.73 bits per heavy atom. The van der Waals surface area contributed by atoms with Crippen molar-refractivity contribution in [3.05, 3.63) is 0 Å². The van der Waals surface area contributed by atoms with Gasteiger partial charge in [-0.25, -0.2) is 0 Å². The first-order valence-electron chi connectivity index (χ1n) is 7.30. The van der Waals surface area contributed by atoms with Gasteiger partial charge in [0.05, 0.1) is 5.75 Å². The highest BCUT2D eigenvalue weighted by Gasteiger charge is 2.20. The van der Waals surface area contributed by atoms with Gasteiger partial charge in [-0.1, -0.05) is 36.9 Å². The van der Waals surface area contributed by atoms with Crippen molar-refractivity contribution in [2.45, 2.75) is 58.0 Å². The Labute approximate surface area is 140 Å². The zero-order valence-corrected chi connectivity index (χ0v) is 15.5. The van der Waals surface area contributed by atoms with Crippen LogP contribution in [-0.2, 0) is 9.59 Å². The van der Waals surface area contributed by atoms with Crippen molar-refractivity contribution in [2.24, 2.45) is 5.92 Å². The summed E-state index contributed by atoms with van der Waals surface area (Å²) in [6.45, 7) is 11.7. The van der Waals surface area contributed by atoms with Crippen molar-refractivity contribution in [1.29, 1.82) is 0 Å². The van der Waals surface area contributed by atoms with Gasteiger partial charge in [0.2, 0.25) is 16.9 Å². The molecule has 2 amide bonds. The van der Waals surface area contributed by atoms with Gasteiger partial charge < -0.3 is 10.2 Å².